The van der Waals surface area contributed by atoms with E-state index in [-0.39, 0.29) is 17.7 Å². The van der Waals surface area contributed by atoms with Gasteiger partial charge in [0.1, 0.15) is 11.8 Å². The topological polar surface area (TPSA) is 70.7 Å². The first kappa shape index (κ1) is 23.2. The summed E-state index contributed by atoms with van der Waals surface area (Å²) in [5.41, 5.74) is 0.519. The average Bonchev–Trinajstić information content (AvgIpc) is 2.71. The second-order valence-electron chi connectivity index (χ2n) is 8.18. The van der Waals surface area contributed by atoms with Gasteiger partial charge in [-0.25, -0.2) is 0 Å². The van der Waals surface area contributed by atoms with E-state index in [1.807, 2.05) is 20.8 Å². The van der Waals surface area contributed by atoms with Crippen molar-refractivity contribution in [1.82, 2.24) is 15.5 Å². The lowest BCUT2D eigenvalue weighted by atomic mass is 10.0. The third-order valence-electron chi connectivity index (χ3n) is 5.53. The molecule has 0 aliphatic carbocycles. The van der Waals surface area contributed by atoms with E-state index in [4.69, 9.17) is 4.74 Å². The van der Waals surface area contributed by atoms with E-state index in [0.29, 0.717) is 24.8 Å². The standard InChI is InChI=1S/C23H37N3O3/c1-5-29-20-12-10-19(11-13-20)22(27)25-21(17(2)3)23(28)24-14-8-16-26-15-7-6-9-18(26)4/h10-13,17-18,21H,5-9,14-16H2,1-4H3,(H,24,28)(H,25,27)/t18-,21-/m0/s1. The van der Waals surface area contributed by atoms with E-state index in [1.165, 1.54) is 19.3 Å². The van der Waals surface area contributed by atoms with Crippen molar-refractivity contribution in [3.05, 3.63) is 29.8 Å². The first-order chi connectivity index (χ1) is 13.9. The Morgan fingerprint density at radius 2 is 1.93 bits per heavy atom. The first-order valence-corrected chi connectivity index (χ1v) is 11.0. The summed E-state index contributed by atoms with van der Waals surface area (Å²) in [4.78, 5) is 27.7. The molecule has 1 saturated heterocycles. The van der Waals surface area contributed by atoms with Crippen molar-refractivity contribution in [1.29, 1.82) is 0 Å². The fraction of sp³-hybridized carbons (Fsp3) is 0.652. The number of hydrogen-bond acceptors (Lipinski definition) is 4. The number of carbonyl (C=O) groups is 2. The molecule has 2 amide bonds. The Kier molecular flexibility index (Phi) is 9.45. The number of likely N-dealkylation sites (tertiary alicyclic amines) is 1. The molecule has 162 valence electrons. The van der Waals surface area contributed by atoms with Crippen molar-refractivity contribution in [3.8, 4) is 5.75 Å². The van der Waals surface area contributed by atoms with Crippen LogP contribution in [0.1, 0.15) is 63.7 Å². The highest BCUT2D eigenvalue weighted by atomic mass is 16.5. The van der Waals surface area contributed by atoms with Crippen LogP contribution in [0.2, 0.25) is 0 Å². The maximum atomic E-state index is 12.6. The molecule has 2 rings (SSSR count). The van der Waals surface area contributed by atoms with Gasteiger partial charge in [0, 0.05) is 24.7 Å². The predicted molar refractivity (Wildman–Crippen MR) is 116 cm³/mol. The maximum Gasteiger partial charge on any atom is 0.251 e. The summed E-state index contributed by atoms with van der Waals surface area (Å²) in [6, 6.07) is 7.05. The SMILES string of the molecule is CCOc1ccc(C(=O)N[C@H](C(=O)NCCCN2CCCC[C@@H]2C)C(C)C)cc1. The summed E-state index contributed by atoms with van der Waals surface area (Å²) in [6.07, 6.45) is 4.77. The monoisotopic (exact) mass is 403 g/mol. The van der Waals surface area contributed by atoms with Gasteiger partial charge in [-0.05, 0) is 69.8 Å². The molecular formula is C23H37N3O3. The van der Waals surface area contributed by atoms with Crippen LogP contribution in [0, 0.1) is 5.92 Å². The lowest BCUT2D eigenvalue weighted by molar-refractivity contribution is -0.123. The van der Waals surface area contributed by atoms with Gasteiger partial charge in [0.2, 0.25) is 5.91 Å². The van der Waals surface area contributed by atoms with E-state index < -0.39 is 6.04 Å². The number of nitrogens with zero attached hydrogens (tertiary/aromatic N) is 1. The van der Waals surface area contributed by atoms with Crippen LogP contribution in [0.4, 0.5) is 0 Å². The molecule has 1 aromatic carbocycles. The number of piperidine rings is 1. The quantitative estimate of drug-likeness (QED) is 0.589. The Labute approximate surface area is 175 Å². The van der Waals surface area contributed by atoms with Crippen LogP contribution in [-0.4, -0.2) is 55.0 Å². The van der Waals surface area contributed by atoms with E-state index in [0.717, 1.165) is 25.3 Å². The second-order valence-corrected chi connectivity index (χ2v) is 8.18. The highest BCUT2D eigenvalue weighted by molar-refractivity contribution is 5.97. The van der Waals surface area contributed by atoms with Crippen LogP contribution in [-0.2, 0) is 4.79 Å². The number of rotatable bonds is 10. The number of amides is 2. The third kappa shape index (κ3) is 7.35. The Hall–Kier alpha value is -2.08. The van der Waals surface area contributed by atoms with E-state index in [2.05, 4.69) is 22.5 Å². The number of carbonyl (C=O) groups excluding carboxylic acids is 2. The fourth-order valence-corrected chi connectivity index (χ4v) is 3.72. The molecule has 6 heteroatoms. The van der Waals surface area contributed by atoms with Crippen LogP contribution in [0.3, 0.4) is 0 Å². The molecule has 6 nitrogen and oxygen atoms in total. The normalized spacial score (nSPS) is 18.3. The van der Waals surface area contributed by atoms with Crippen LogP contribution in [0.15, 0.2) is 24.3 Å². The molecule has 2 atom stereocenters. The summed E-state index contributed by atoms with van der Waals surface area (Å²) in [5, 5.41) is 5.88. The van der Waals surface area contributed by atoms with E-state index >= 15 is 0 Å². The molecule has 1 aliphatic rings. The molecule has 0 aromatic heterocycles. The number of nitrogens with one attached hydrogen (secondary N) is 2. The van der Waals surface area contributed by atoms with Crippen molar-refractivity contribution >= 4 is 11.8 Å². The van der Waals surface area contributed by atoms with Gasteiger partial charge >= 0.3 is 0 Å². The number of hydrogen-bond donors (Lipinski definition) is 2. The summed E-state index contributed by atoms with van der Waals surface area (Å²) in [7, 11) is 0. The van der Waals surface area contributed by atoms with Crippen LogP contribution < -0.4 is 15.4 Å². The minimum absolute atomic E-state index is 0.00349. The Bertz CT molecular complexity index is 645. The van der Waals surface area contributed by atoms with Gasteiger partial charge in [-0.15, -0.1) is 0 Å². The molecule has 0 spiro atoms. The van der Waals surface area contributed by atoms with Gasteiger partial charge in [0.15, 0.2) is 0 Å². The zero-order valence-corrected chi connectivity index (χ0v) is 18.4. The molecule has 2 N–H and O–H groups in total. The highest BCUT2D eigenvalue weighted by Gasteiger charge is 2.24. The van der Waals surface area contributed by atoms with E-state index in [1.54, 1.807) is 24.3 Å². The van der Waals surface area contributed by atoms with Crippen molar-refractivity contribution in [2.45, 2.75) is 65.5 Å². The van der Waals surface area contributed by atoms with Crippen molar-refractivity contribution in [2.24, 2.45) is 5.92 Å². The second kappa shape index (κ2) is 11.8. The average molecular weight is 404 g/mol. The molecule has 0 bridgehead atoms. The number of ether oxygens (including phenoxy) is 1. The van der Waals surface area contributed by atoms with E-state index in [9.17, 15) is 9.59 Å². The van der Waals surface area contributed by atoms with Crippen LogP contribution in [0.25, 0.3) is 0 Å². The Morgan fingerprint density at radius 3 is 2.55 bits per heavy atom. The van der Waals surface area contributed by atoms with Crippen LogP contribution in [0.5, 0.6) is 5.75 Å². The fourth-order valence-electron chi connectivity index (χ4n) is 3.72. The van der Waals surface area contributed by atoms with Gasteiger partial charge in [-0.3, -0.25) is 9.59 Å². The Balaban J connectivity index is 1.81. The lowest BCUT2D eigenvalue weighted by Gasteiger charge is -2.33. The van der Waals surface area contributed by atoms with Gasteiger partial charge < -0.3 is 20.3 Å². The van der Waals surface area contributed by atoms with Crippen molar-refractivity contribution < 1.29 is 14.3 Å². The molecule has 1 heterocycles. The summed E-state index contributed by atoms with van der Waals surface area (Å²) < 4.78 is 5.40. The zero-order chi connectivity index (χ0) is 21.2. The summed E-state index contributed by atoms with van der Waals surface area (Å²) >= 11 is 0. The van der Waals surface area contributed by atoms with Gasteiger partial charge in [-0.1, -0.05) is 20.3 Å². The molecule has 0 unspecified atom stereocenters. The summed E-state index contributed by atoms with van der Waals surface area (Å²) in [5.74, 6) is 0.365. The lowest BCUT2D eigenvalue weighted by Crippen LogP contribution is -2.50. The largest absolute Gasteiger partial charge is 0.494 e. The molecule has 0 radical (unpaired) electrons. The third-order valence-corrected chi connectivity index (χ3v) is 5.53. The maximum absolute atomic E-state index is 12.6. The highest BCUT2D eigenvalue weighted by Crippen LogP contribution is 2.16. The molecule has 29 heavy (non-hydrogen) atoms. The summed E-state index contributed by atoms with van der Waals surface area (Å²) in [6.45, 7) is 11.5. The van der Waals surface area contributed by atoms with Crippen LogP contribution >= 0.6 is 0 Å². The molecule has 1 aromatic rings. The minimum atomic E-state index is -0.553. The smallest absolute Gasteiger partial charge is 0.251 e. The molecule has 0 saturated carbocycles. The molecular weight excluding hydrogens is 366 g/mol. The van der Waals surface area contributed by atoms with Gasteiger partial charge in [0.25, 0.3) is 5.91 Å². The minimum Gasteiger partial charge on any atom is -0.494 e. The number of benzene rings is 1. The zero-order valence-electron chi connectivity index (χ0n) is 18.4. The van der Waals surface area contributed by atoms with Gasteiger partial charge in [-0.2, -0.15) is 0 Å². The predicted octanol–water partition coefficient (Wildman–Crippen LogP) is 3.22. The molecule has 1 aliphatic heterocycles. The van der Waals surface area contributed by atoms with Crippen molar-refractivity contribution in [2.75, 3.05) is 26.2 Å². The van der Waals surface area contributed by atoms with Gasteiger partial charge in [0.05, 0.1) is 6.61 Å². The Morgan fingerprint density at radius 1 is 1.21 bits per heavy atom. The molecule has 1 fully saturated rings. The first-order valence-electron chi connectivity index (χ1n) is 11.0. The van der Waals surface area contributed by atoms with Crippen molar-refractivity contribution in [3.63, 3.8) is 0 Å².